The summed E-state index contributed by atoms with van der Waals surface area (Å²) in [6, 6.07) is 4.54. The van der Waals surface area contributed by atoms with Crippen molar-refractivity contribution in [3.05, 3.63) is 40.5 Å². The van der Waals surface area contributed by atoms with Gasteiger partial charge in [-0.25, -0.2) is 0 Å². The number of nitro groups is 1. The molecule has 0 aliphatic heterocycles. The Kier molecular flexibility index (Phi) is 3.83. The van der Waals surface area contributed by atoms with Gasteiger partial charge < -0.3 is 14.6 Å². The van der Waals surface area contributed by atoms with E-state index in [1.807, 2.05) is 14.0 Å². The zero-order valence-electron chi connectivity index (χ0n) is 11.4. The van der Waals surface area contributed by atoms with Gasteiger partial charge in [-0.2, -0.15) is 0 Å². The van der Waals surface area contributed by atoms with E-state index in [1.54, 1.807) is 23.0 Å². The highest BCUT2D eigenvalue weighted by atomic mass is 16.6. The molecule has 1 aromatic heterocycles. The third-order valence-corrected chi connectivity index (χ3v) is 2.89. The molecule has 0 saturated carbocycles. The van der Waals surface area contributed by atoms with E-state index >= 15 is 0 Å². The van der Waals surface area contributed by atoms with Crippen LogP contribution >= 0.6 is 0 Å². The lowest BCUT2D eigenvalue weighted by Gasteiger charge is -2.14. The molecule has 20 heavy (non-hydrogen) atoms. The summed E-state index contributed by atoms with van der Waals surface area (Å²) in [6.45, 7) is 1.93. The van der Waals surface area contributed by atoms with E-state index in [-0.39, 0.29) is 17.5 Å². The van der Waals surface area contributed by atoms with E-state index in [0.717, 1.165) is 5.82 Å². The molecule has 0 amide bonds. The molecule has 2 rings (SSSR count). The maximum atomic E-state index is 10.8. The normalized spacial score (nSPS) is 11.9. The molecular formula is C12H15N5O3. The average Bonchev–Trinajstić information content (AvgIpc) is 2.84. The Bertz CT molecular complexity index is 625. The van der Waals surface area contributed by atoms with Crippen molar-refractivity contribution in [1.82, 2.24) is 14.8 Å². The lowest BCUT2D eigenvalue weighted by atomic mass is 10.2. The number of hydrogen-bond donors (Lipinski definition) is 1. The Morgan fingerprint density at radius 2 is 2.25 bits per heavy atom. The number of nitrogens with one attached hydrogen (secondary N) is 1. The number of anilines is 1. The van der Waals surface area contributed by atoms with Gasteiger partial charge in [0.05, 0.1) is 18.1 Å². The fraction of sp³-hybridized carbons (Fsp3) is 0.333. The first-order valence-corrected chi connectivity index (χ1v) is 5.95. The highest BCUT2D eigenvalue weighted by Gasteiger charge is 2.16. The SMILES string of the molecule is COc1cc(NC(C)c2nncn2C)ccc1[N+](=O)[O-]. The predicted molar refractivity (Wildman–Crippen MR) is 72.7 cm³/mol. The highest BCUT2D eigenvalue weighted by Crippen LogP contribution is 2.30. The van der Waals surface area contributed by atoms with Crippen LogP contribution in [0.1, 0.15) is 18.8 Å². The van der Waals surface area contributed by atoms with Crippen LogP contribution in [0.3, 0.4) is 0 Å². The van der Waals surface area contributed by atoms with Crippen LogP contribution in [0.2, 0.25) is 0 Å². The number of aromatic nitrogens is 3. The van der Waals surface area contributed by atoms with Crippen LogP contribution in [0.15, 0.2) is 24.5 Å². The molecule has 1 aromatic carbocycles. The second-order valence-corrected chi connectivity index (χ2v) is 4.31. The molecule has 0 aliphatic carbocycles. The standard InChI is InChI=1S/C12H15N5O3/c1-8(12-15-13-7-16(12)2)14-9-4-5-10(17(18)19)11(6-9)20-3/h4-8,14H,1-3H3. The Morgan fingerprint density at radius 1 is 1.50 bits per heavy atom. The van der Waals surface area contributed by atoms with Gasteiger partial charge in [0, 0.05) is 24.9 Å². The minimum Gasteiger partial charge on any atom is -0.490 e. The van der Waals surface area contributed by atoms with E-state index < -0.39 is 4.92 Å². The molecule has 2 aromatic rings. The topological polar surface area (TPSA) is 95.1 Å². The highest BCUT2D eigenvalue weighted by molar-refractivity contribution is 5.58. The lowest BCUT2D eigenvalue weighted by Crippen LogP contribution is -2.12. The third-order valence-electron chi connectivity index (χ3n) is 2.89. The quantitative estimate of drug-likeness (QED) is 0.662. The van der Waals surface area contributed by atoms with Gasteiger partial charge in [-0.3, -0.25) is 10.1 Å². The molecule has 8 heteroatoms. The number of nitro benzene ring substituents is 1. The minimum atomic E-state index is -0.477. The van der Waals surface area contributed by atoms with Gasteiger partial charge in [0.1, 0.15) is 6.33 Å². The van der Waals surface area contributed by atoms with E-state index in [4.69, 9.17) is 4.74 Å². The summed E-state index contributed by atoms with van der Waals surface area (Å²) in [7, 11) is 3.25. The van der Waals surface area contributed by atoms with E-state index in [2.05, 4.69) is 15.5 Å². The van der Waals surface area contributed by atoms with Crippen LogP contribution in [-0.2, 0) is 7.05 Å². The van der Waals surface area contributed by atoms with Crippen molar-refractivity contribution >= 4 is 11.4 Å². The van der Waals surface area contributed by atoms with Gasteiger partial charge in [-0.1, -0.05) is 0 Å². The molecule has 0 spiro atoms. The first kappa shape index (κ1) is 13.8. The first-order valence-electron chi connectivity index (χ1n) is 5.95. The van der Waals surface area contributed by atoms with E-state index in [0.29, 0.717) is 5.69 Å². The molecular weight excluding hydrogens is 262 g/mol. The maximum absolute atomic E-state index is 10.8. The molecule has 0 aliphatic rings. The van der Waals surface area contributed by atoms with Crippen molar-refractivity contribution in [1.29, 1.82) is 0 Å². The van der Waals surface area contributed by atoms with Crippen LogP contribution < -0.4 is 10.1 Å². The van der Waals surface area contributed by atoms with Crippen molar-refractivity contribution in [2.45, 2.75) is 13.0 Å². The number of nitrogens with zero attached hydrogens (tertiary/aromatic N) is 4. The number of benzene rings is 1. The zero-order valence-corrected chi connectivity index (χ0v) is 11.4. The minimum absolute atomic E-state index is 0.0654. The van der Waals surface area contributed by atoms with Gasteiger partial charge in [0.2, 0.25) is 0 Å². The second kappa shape index (κ2) is 5.55. The second-order valence-electron chi connectivity index (χ2n) is 4.31. The summed E-state index contributed by atoms with van der Waals surface area (Å²) in [5, 5.41) is 21.9. The molecule has 0 saturated heterocycles. The summed E-state index contributed by atoms with van der Waals surface area (Å²) in [4.78, 5) is 10.4. The molecule has 1 heterocycles. The third kappa shape index (κ3) is 2.68. The number of rotatable bonds is 5. The lowest BCUT2D eigenvalue weighted by molar-refractivity contribution is -0.385. The number of ether oxygens (including phenoxy) is 1. The van der Waals surface area contributed by atoms with E-state index in [9.17, 15) is 10.1 Å². The molecule has 1 unspecified atom stereocenters. The van der Waals surface area contributed by atoms with Crippen molar-refractivity contribution in [3.8, 4) is 5.75 Å². The predicted octanol–water partition coefficient (Wildman–Crippen LogP) is 1.90. The number of aryl methyl sites for hydroxylation is 1. The average molecular weight is 277 g/mol. The van der Waals surface area contributed by atoms with Crippen LogP contribution in [0.4, 0.5) is 11.4 Å². The van der Waals surface area contributed by atoms with Gasteiger partial charge in [0.15, 0.2) is 11.6 Å². The van der Waals surface area contributed by atoms with Gasteiger partial charge >= 0.3 is 5.69 Å². The number of methoxy groups -OCH3 is 1. The molecule has 0 radical (unpaired) electrons. The molecule has 1 atom stereocenters. The fourth-order valence-corrected chi connectivity index (χ4v) is 1.92. The Balaban J connectivity index is 2.22. The summed E-state index contributed by atoms with van der Waals surface area (Å²) in [5.41, 5.74) is 0.646. The number of hydrogen-bond acceptors (Lipinski definition) is 6. The van der Waals surface area contributed by atoms with Crippen molar-refractivity contribution in [2.24, 2.45) is 7.05 Å². The van der Waals surface area contributed by atoms with Gasteiger partial charge in [-0.15, -0.1) is 10.2 Å². The van der Waals surface area contributed by atoms with Crippen LogP contribution in [0.5, 0.6) is 5.75 Å². The molecule has 0 fully saturated rings. The smallest absolute Gasteiger partial charge is 0.311 e. The van der Waals surface area contributed by atoms with Crippen LogP contribution in [-0.4, -0.2) is 26.8 Å². The maximum Gasteiger partial charge on any atom is 0.311 e. The van der Waals surface area contributed by atoms with Crippen molar-refractivity contribution < 1.29 is 9.66 Å². The Morgan fingerprint density at radius 3 is 2.80 bits per heavy atom. The largest absolute Gasteiger partial charge is 0.490 e. The monoisotopic (exact) mass is 277 g/mol. The zero-order chi connectivity index (χ0) is 14.7. The van der Waals surface area contributed by atoms with Gasteiger partial charge in [0.25, 0.3) is 0 Å². The van der Waals surface area contributed by atoms with Gasteiger partial charge in [-0.05, 0) is 13.0 Å². The molecule has 0 bridgehead atoms. The van der Waals surface area contributed by atoms with Crippen molar-refractivity contribution in [2.75, 3.05) is 12.4 Å². The van der Waals surface area contributed by atoms with Crippen LogP contribution in [0, 0.1) is 10.1 Å². The molecule has 8 nitrogen and oxygen atoms in total. The molecule has 106 valence electrons. The Labute approximate surface area is 115 Å². The summed E-state index contributed by atoms with van der Waals surface area (Å²) < 4.78 is 6.83. The summed E-state index contributed by atoms with van der Waals surface area (Å²) >= 11 is 0. The van der Waals surface area contributed by atoms with Crippen molar-refractivity contribution in [3.63, 3.8) is 0 Å². The summed E-state index contributed by atoms with van der Waals surface area (Å²) in [5.74, 6) is 0.979. The first-order chi connectivity index (χ1) is 9.52. The summed E-state index contributed by atoms with van der Waals surface area (Å²) in [6.07, 6.45) is 1.62. The molecule has 1 N–H and O–H groups in total. The van der Waals surface area contributed by atoms with Crippen LogP contribution in [0.25, 0.3) is 0 Å². The Hall–Kier alpha value is -2.64. The fourth-order valence-electron chi connectivity index (χ4n) is 1.92. The van der Waals surface area contributed by atoms with E-state index in [1.165, 1.54) is 13.2 Å².